The van der Waals surface area contributed by atoms with Crippen LogP contribution in [0.25, 0.3) is 0 Å². The Balaban J connectivity index is 2.30. The van der Waals surface area contributed by atoms with Crippen molar-refractivity contribution in [3.05, 3.63) is 22.7 Å². The van der Waals surface area contributed by atoms with Crippen molar-refractivity contribution < 1.29 is 9.47 Å². The fraction of sp³-hybridized carbons (Fsp3) is 0.273. The van der Waals surface area contributed by atoms with E-state index in [9.17, 15) is 0 Å². The van der Waals surface area contributed by atoms with Gasteiger partial charge in [0.1, 0.15) is 0 Å². The molecular formula is C11H8BrClO2. The molecule has 0 amide bonds. The first-order chi connectivity index (χ1) is 7.31. The van der Waals surface area contributed by atoms with E-state index >= 15 is 0 Å². The summed E-state index contributed by atoms with van der Waals surface area (Å²) in [7, 11) is 0. The summed E-state index contributed by atoms with van der Waals surface area (Å²) in [6.07, 6.45) is 0.796. The summed E-state index contributed by atoms with van der Waals surface area (Å²) in [5.41, 5.74) is 0.780. The molecule has 0 unspecified atom stereocenters. The van der Waals surface area contributed by atoms with Gasteiger partial charge in [0.15, 0.2) is 11.5 Å². The van der Waals surface area contributed by atoms with E-state index in [1.54, 1.807) is 6.07 Å². The normalized spacial score (nSPS) is 12.1. The summed E-state index contributed by atoms with van der Waals surface area (Å²) < 4.78 is 10.4. The van der Waals surface area contributed by atoms with E-state index in [1.807, 2.05) is 6.07 Å². The van der Waals surface area contributed by atoms with Gasteiger partial charge >= 0.3 is 0 Å². The van der Waals surface area contributed by atoms with Crippen molar-refractivity contribution in [2.24, 2.45) is 0 Å². The molecule has 78 valence electrons. The minimum atomic E-state index is 0.254. The molecule has 0 radical (unpaired) electrons. The highest BCUT2D eigenvalue weighted by Gasteiger charge is 2.15. The molecule has 0 saturated heterocycles. The maximum atomic E-state index is 6.04. The molecule has 1 aromatic carbocycles. The summed E-state index contributed by atoms with van der Waals surface area (Å²) in [6.45, 7) is 0.254. The van der Waals surface area contributed by atoms with Crippen LogP contribution in [0.4, 0.5) is 0 Å². The van der Waals surface area contributed by atoms with Gasteiger partial charge in [0, 0.05) is 29.4 Å². The second-order valence-corrected chi connectivity index (χ2v) is 4.13. The molecule has 2 nitrogen and oxygen atoms in total. The fourth-order valence-corrected chi connectivity index (χ4v) is 1.62. The third-order valence-electron chi connectivity index (χ3n) is 1.90. The molecule has 1 aliphatic rings. The second kappa shape index (κ2) is 4.78. The van der Waals surface area contributed by atoms with Gasteiger partial charge in [-0.2, -0.15) is 0 Å². The number of alkyl halides is 1. The fourth-order valence-electron chi connectivity index (χ4n) is 1.22. The quantitative estimate of drug-likeness (QED) is 0.583. The number of hydrogen-bond acceptors (Lipinski definition) is 2. The van der Waals surface area contributed by atoms with E-state index in [1.165, 1.54) is 0 Å². The van der Waals surface area contributed by atoms with Crippen LogP contribution in [0.5, 0.6) is 11.5 Å². The van der Waals surface area contributed by atoms with E-state index in [4.69, 9.17) is 21.1 Å². The molecule has 0 aromatic heterocycles. The average molecular weight is 288 g/mol. The molecule has 1 aromatic rings. The Kier molecular flexibility index (Phi) is 3.40. The van der Waals surface area contributed by atoms with Crippen molar-refractivity contribution in [1.82, 2.24) is 0 Å². The molecular weight excluding hydrogens is 279 g/mol. The first-order valence-corrected chi connectivity index (χ1v) is 5.95. The van der Waals surface area contributed by atoms with Crippen LogP contribution >= 0.6 is 27.5 Å². The van der Waals surface area contributed by atoms with Crippen LogP contribution in [-0.2, 0) is 0 Å². The SMILES string of the molecule is Clc1cc2c(cc1C#CCCBr)OCO2. The highest BCUT2D eigenvalue weighted by atomic mass is 79.9. The predicted molar refractivity (Wildman–Crippen MR) is 62.9 cm³/mol. The van der Waals surface area contributed by atoms with Gasteiger partial charge in [-0.1, -0.05) is 39.4 Å². The topological polar surface area (TPSA) is 18.5 Å². The van der Waals surface area contributed by atoms with E-state index < -0.39 is 0 Å². The summed E-state index contributed by atoms with van der Waals surface area (Å²) in [5, 5.41) is 1.46. The van der Waals surface area contributed by atoms with E-state index in [-0.39, 0.29) is 6.79 Å². The largest absolute Gasteiger partial charge is 0.454 e. The number of hydrogen-bond donors (Lipinski definition) is 0. The molecule has 2 rings (SSSR count). The van der Waals surface area contributed by atoms with Gasteiger partial charge in [-0.05, 0) is 0 Å². The van der Waals surface area contributed by atoms with Crippen molar-refractivity contribution in [2.75, 3.05) is 12.1 Å². The van der Waals surface area contributed by atoms with Gasteiger partial charge in [0.2, 0.25) is 6.79 Å². The molecule has 0 spiro atoms. The van der Waals surface area contributed by atoms with Gasteiger partial charge in [0.25, 0.3) is 0 Å². The molecule has 0 fully saturated rings. The first-order valence-electron chi connectivity index (χ1n) is 4.45. The van der Waals surface area contributed by atoms with Crippen molar-refractivity contribution in [1.29, 1.82) is 0 Å². The molecule has 0 atom stereocenters. The predicted octanol–water partition coefficient (Wildman–Crippen LogP) is 3.21. The van der Waals surface area contributed by atoms with Gasteiger partial charge in [0.05, 0.1) is 5.02 Å². The van der Waals surface area contributed by atoms with E-state index in [0.717, 1.165) is 17.3 Å². The van der Waals surface area contributed by atoms with Crippen LogP contribution in [0, 0.1) is 11.8 Å². The Labute approximate surface area is 102 Å². The zero-order valence-corrected chi connectivity index (χ0v) is 10.2. The molecule has 4 heteroatoms. The zero-order chi connectivity index (χ0) is 10.7. The molecule has 1 heterocycles. The molecule has 0 N–H and O–H groups in total. The van der Waals surface area contributed by atoms with Crippen molar-refractivity contribution in [2.45, 2.75) is 6.42 Å². The Hall–Kier alpha value is -0.850. The smallest absolute Gasteiger partial charge is 0.231 e. The molecule has 15 heavy (non-hydrogen) atoms. The lowest BCUT2D eigenvalue weighted by atomic mass is 10.2. The van der Waals surface area contributed by atoms with Crippen molar-refractivity contribution >= 4 is 27.5 Å². The number of ether oxygens (including phenoxy) is 2. The molecule has 0 bridgehead atoms. The van der Waals surface area contributed by atoms with Crippen LogP contribution in [0.1, 0.15) is 12.0 Å². The van der Waals surface area contributed by atoms with Crippen LogP contribution in [0.3, 0.4) is 0 Å². The monoisotopic (exact) mass is 286 g/mol. The Morgan fingerprint density at radius 2 is 2.07 bits per heavy atom. The van der Waals surface area contributed by atoms with Gasteiger partial charge in [-0.3, -0.25) is 0 Å². The van der Waals surface area contributed by atoms with Crippen LogP contribution in [-0.4, -0.2) is 12.1 Å². The summed E-state index contributed by atoms with van der Waals surface area (Å²) >= 11 is 9.35. The van der Waals surface area contributed by atoms with Crippen molar-refractivity contribution in [3.8, 4) is 23.3 Å². The van der Waals surface area contributed by atoms with Crippen LogP contribution < -0.4 is 9.47 Å². The second-order valence-electron chi connectivity index (χ2n) is 2.93. The van der Waals surface area contributed by atoms with Gasteiger partial charge in [-0.15, -0.1) is 0 Å². The first kappa shape index (κ1) is 10.7. The molecule has 0 saturated carbocycles. The number of fused-ring (bicyclic) bond motifs is 1. The highest BCUT2D eigenvalue weighted by Crippen LogP contribution is 2.36. The Morgan fingerprint density at radius 1 is 1.33 bits per heavy atom. The maximum Gasteiger partial charge on any atom is 0.231 e. The summed E-state index contributed by atoms with van der Waals surface area (Å²) in [4.78, 5) is 0. The third kappa shape index (κ3) is 2.39. The van der Waals surface area contributed by atoms with E-state index in [2.05, 4.69) is 27.8 Å². The van der Waals surface area contributed by atoms with Gasteiger partial charge < -0.3 is 9.47 Å². The van der Waals surface area contributed by atoms with E-state index in [0.29, 0.717) is 16.5 Å². The summed E-state index contributed by atoms with van der Waals surface area (Å²) in [5.74, 6) is 7.40. The lowest BCUT2D eigenvalue weighted by Crippen LogP contribution is -1.92. The highest BCUT2D eigenvalue weighted by molar-refractivity contribution is 9.09. The lowest BCUT2D eigenvalue weighted by Gasteiger charge is -1.99. The molecule has 1 aliphatic heterocycles. The van der Waals surface area contributed by atoms with Crippen LogP contribution in [0.2, 0.25) is 5.02 Å². The summed E-state index contributed by atoms with van der Waals surface area (Å²) in [6, 6.07) is 3.55. The number of halogens is 2. The van der Waals surface area contributed by atoms with Crippen LogP contribution in [0.15, 0.2) is 12.1 Å². The number of benzene rings is 1. The van der Waals surface area contributed by atoms with Crippen molar-refractivity contribution in [3.63, 3.8) is 0 Å². The Bertz CT molecular complexity index is 434. The lowest BCUT2D eigenvalue weighted by molar-refractivity contribution is 0.174. The Morgan fingerprint density at radius 3 is 2.80 bits per heavy atom. The standard InChI is InChI=1S/C11H8BrClO2/c12-4-2-1-3-8-5-10-11(6-9(8)13)15-7-14-10/h5-6H,2,4,7H2. The zero-order valence-electron chi connectivity index (χ0n) is 7.85. The average Bonchev–Trinajstić information content (AvgIpc) is 2.65. The number of rotatable bonds is 1. The van der Waals surface area contributed by atoms with Gasteiger partial charge in [-0.25, -0.2) is 0 Å². The maximum absolute atomic E-state index is 6.04. The minimum absolute atomic E-state index is 0.254. The minimum Gasteiger partial charge on any atom is -0.454 e. The third-order valence-corrected chi connectivity index (χ3v) is 2.61. The molecule has 0 aliphatic carbocycles.